The molecule has 0 unspecified atom stereocenters. The first kappa shape index (κ1) is 25.7. The van der Waals surface area contributed by atoms with Gasteiger partial charge in [-0.1, -0.05) is 6.58 Å². The fraction of sp³-hybridized carbons (Fsp3) is 0.207. The first-order valence-corrected chi connectivity index (χ1v) is 12.6. The second-order valence-electron chi connectivity index (χ2n) is 9.24. The van der Waals surface area contributed by atoms with Crippen LogP contribution in [0.25, 0.3) is 22.1 Å². The summed E-state index contributed by atoms with van der Waals surface area (Å²) in [5, 5.41) is 6.68. The van der Waals surface area contributed by atoms with E-state index in [0.29, 0.717) is 30.2 Å². The number of ether oxygens (including phenoxy) is 1. The monoisotopic (exact) mass is 522 g/mol. The molecule has 0 spiro atoms. The van der Waals surface area contributed by atoms with E-state index in [2.05, 4.69) is 32.2 Å². The van der Waals surface area contributed by atoms with Crippen LogP contribution >= 0.6 is 0 Å². The third-order valence-corrected chi connectivity index (χ3v) is 6.37. The summed E-state index contributed by atoms with van der Waals surface area (Å²) in [5.74, 6) is 2.72. The van der Waals surface area contributed by atoms with Crippen LogP contribution in [0.1, 0.15) is 12.0 Å². The molecule has 198 valence electrons. The lowest BCUT2D eigenvalue weighted by molar-refractivity contribution is -0.124. The maximum Gasteiger partial charge on any atom is 0.245 e. The van der Waals surface area contributed by atoms with E-state index in [0.717, 1.165) is 45.7 Å². The van der Waals surface area contributed by atoms with Gasteiger partial charge in [-0.05, 0) is 67.4 Å². The normalized spacial score (nSPS) is 10.9. The molecule has 10 nitrogen and oxygen atoms in total. The fourth-order valence-corrected chi connectivity index (χ4v) is 4.21. The third kappa shape index (κ3) is 5.80. The molecule has 0 radical (unpaired) electrons. The quantitative estimate of drug-likeness (QED) is 0.190. The number of benzene rings is 2. The number of hydrogen-bond acceptors (Lipinski definition) is 8. The largest absolute Gasteiger partial charge is 0.457 e. The molecular formula is C29H30N8O2. The number of nitrogens with zero attached hydrogens (tertiary/aromatic N) is 6. The number of anilines is 3. The summed E-state index contributed by atoms with van der Waals surface area (Å²) in [7, 11) is 3.73. The summed E-state index contributed by atoms with van der Waals surface area (Å²) in [6, 6.07) is 15.6. The highest BCUT2D eigenvalue weighted by Gasteiger charge is 2.10. The Hall–Kier alpha value is -4.99. The highest BCUT2D eigenvalue weighted by Crippen LogP contribution is 2.31. The summed E-state index contributed by atoms with van der Waals surface area (Å²) >= 11 is 0. The van der Waals surface area contributed by atoms with Gasteiger partial charge in [-0.25, -0.2) is 19.9 Å². The van der Waals surface area contributed by atoms with Crippen molar-refractivity contribution in [2.24, 2.45) is 7.05 Å². The first-order valence-electron chi connectivity index (χ1n) is 12.6. The number of pyridine rings is 1. The molecule has 5 aromatic rings. The molecule has 0 aliphatic heterocycles. The zero-order chi connectivity index (χ0) is 27.4. The number of hydrogen-bond donors (Lipinski definition) is 2. The fourth-order valence-electron chi connectivity index (χ4n) is 4.21. The predicted molar refractivity (Wildman–Crippen MR) is 154 cm³/mol. The molecular weight excluding hydrogens is 492 g/mol. The first-order chi connectivity index (χ1) is 18.9. The molecule has 0 bridgehead atoms. The molecule has 39 heavy (non-hydrogen) atoms. The van der Waals surface area contributed by atoms with Gasteiger partial charge in [-0.3, -0.25) is 4.79 Å². The van der Waals surface area contributed by atoms with Crippen LogP contribution < -0.4 is 15.4 Å². The van der Waals surface area contributed by atoms with Crippen LogP contribution in [-0.4, -0.2) is 55.4 Å². The Bertz CT molecular complexity index is 1660. The second kappa shape index (κ2) is 11.2. The minimum atomic E-state index is -0.0903. The number of nitrogens with one attached hydrogen (secondary N) is 2. The molecule has 1 amide bonds. The average molecular weight is 523 g/mol. The molecule has 5 rings (SSSR count). The summed E-state index contributed by atoms with van der Waals surface area (Å²) in [6.07, 6.45) is 5.40. The van der Waals surface area contributed by atoms with E-state index in [1.807, 2.05) is 67.1 Å². The Labute approximate surface area is 226 Å². The van der Waals surface area contributed by atoms with Gasteiger partial charge in [0.1, 0.15) is 29.2 Å². The zero-order valence-electron chi connectivity index (χ0n) is 22.2. The number of carbonyl (C=O) groups excluding carboxylic acids is 1. The number of carbonyl (C=O) groups is 1. The van der Waals surface area contributed by atoms with Crippen molar-refractivity contribution in [3.63, 3.8) is 0 Å². The molecule has 2 N–H and O–H groups in total. The lowest BCUT2D eigenvalue weighted by atomic mass is 10.2. The minimum absolute atomic E-state index is 0.0903. The van der Waals surface area contributed by atoms with Crippen LogP contribution in [0.2, 0.25) is 0 Å². The van der Waals surface area contributed by atoms with Crippen LogP contribution in [0.5, 0.6) is 11.5 Å². The van der Waals surface area contributed by atoms with Crippen molar-refractivity contribution in [3.05, 3.63) is 79.4 Å². The number of likely N-dealkylation sites (N-methyl/N-ethyl adjacent to an activating group) is 1. The van der Waals surface area contributed by atoms with Gasteiger partial charge >= 0.3 is 0 Å². The maximum atomic E-state index is 11.6. The molecule has 0 saturated heterocycles. The van der Waals surface area contributed by atoms with Crippen LogP contribution in [-0.2, 0) is 11.8 Å². The van der Waals surface area contributed by atoms with E-state index < -0.39 is 0 Å². The van der Waals surface area contributed by atoms with E-state index in [9.17, 15) is 4.79 Å². The van der Waals surface area contributed by atoms with Gasteiger partial charge in [0, 0.05) is 38.9 Å². The molecule has 3 heterocycles. The molecule has 0 fully saturated rings. The predicted octanol–water partition coefficient (Wildman–Crippen LogP) is 5.20. The van der Waals surface area contributed by atoms with E-state index in [4.69, 9.17) is 9.72 Å². The topological polar surface area (TPSA) is 110 Å². The average Bonchev–Trinajstić information content (AvgIpc) is 3.32. The minimum Gasteiger partial charge on any atom is -0.457 e. The van der Waals surface area contributed by atoms with E-state index in [-0.39, 0.29) is 5.91 Å². The van der Waals surface area contributed by atoms with Gasteiger partial charge in [0.15, 0.2) is 5.82 Å². The lowest BCUT2D eigenvalue weighted by Gasteiger charge is -2.15. The molecule has 10 heteroatoms. The summed E-state index contributed by atoms with van der Waals surface area (Å²) in [4.78, 5) is 31.2. The van der Waals surface area contributed by atoms with Crippen molar-refractivity contribution >= 4 is 45.3 Å². The Kier molecular flexibility index (Phi) is 7.35. The van der Waals surface area contributed by atoms with Gasteiger partial charge in [0.2, 0.25) is 5.91 Å². The zero-order valence-corrected chi connectivity index (χ0v) is 22.2. The van der Waals surface area contributed by atoms with Gasteiger partial charge in [0.25, 0.3) is 0 Å². The van der Waals surface area contributed by atoms with Gasteiger partial charge in [-0.2, -0.15) is 0 Å². The summed E-state index contributed by atoms with van der Waals surface area (Å²) < 4.78 is 8.12. The third-order valence-electron chi connectivity index (χ3n) is 6.37. The number of fused-ring (bicyclic) bond motifs is 2. The van der Waals surface area contributed by atoms with Crippen molar-refractivity contribution < 1.29 is 9.53 Å². The number of aromatic nitrogens is 5. The Morgan fingerprint density at radius 1 is 1.10 bits per heavy atom. The Morgan fingerprint density at radius 3 is 2.79 bits per heavy atom. The van der Waals surface area contributed by atoms with Gasteiger partial charge in [0.05, 0.1) is 22.9 Å². The van der Waals surface area contributed by atoms with Crippen LogP contribution in [0.15, 0.2) is 73.8 Å². The highest BCUT2D eigenvalue weighted by molar-refractivity contribution is 5.88. The SMILES string of the molecule is C=CC(=O)N(C)CCCNc1ccc2ncnc(Nc3ccc(Oc4ccc5c(c4)ncn5C)c(C)c3)c2n1. The number of imidazole rings is 1. The van der Waals surface area contributed by atoms with Gasteiger partial charge < -0.3 is 24.8 Å². The van der Waals surface area contributed by atoms with E-state index >= 15 is 0 Å². The van der Waals surface area contributed by atoms with Crippen molar-refractivity contribution in [3.8, 4) is 11.5 Å². The summed E-state index contributed by atoms with van der Waals surface area (Å²) in [6.45, 7) is 6.80. The Morgan fingerprint density at radius 2 is 1.97 bits per heavy atom. The standard InChI is InChI=1S/C29H30N8O2/c1-5-27(38)36(3)14-6-13-30-26-12-9-22-28(35-26)29(32-17-31-22)34-20-7-11-25(19(2)15-20)39-21-8-10-24-23(16-21)33-18-37(24)4/h5,7-12,15-18H,1,6,13-14H2,2-4H3,(H,30,35)(H,31,32,34). The van der Waals surface area contributed by atoms with Crippen LogP contribution in [0.4, 0.5) is 17.3 Å². The number of aryl methyl sites for hydroxylation is 2. The smallest absolute Gasteiger partial charge is 0.245 e. The van der Waals surface area contributed by atoms with Crippen LogP contribution in [0.3, 0.4) is 0 Å². The molecule has 2 aromatic carbocycles. The molecule has 0 atom stereocenters. The maximum absolute atomic E-state index is 11.6. The number of rotatable bonds is 10. The molecule has 3 aromatic heterocycles. The van der Waals surface area contributed by atoms with Gasteiger partial charge in [-0.15, -0.1) is 0 Å². The van der Waals surface area contributed by atoms with E-state index in [1.54, 1.807) is 18.3 Å². The second-order valence-corrected chi connectivity index (χ2v) is 9.24. The van der Waals surface area contributed by atoms with E-state index in [1.165, 1.54) is 12.4 Å². The van der Waals surface area contributed by atoms with Crippen molar-refractivity contribution in [1.29, 1.82) is 0 Å². The van der Waals surface area contributed by atoms with Crippen molar-refractivity contribution in [1.82, 2.24) is 29.4 Å². The van der Waals surface area contributed by atoms with Crippen molar-refractivity contribution in [2.75, 3.05) is 30.8 Å². The summed E-state index contributed by atoms with van der Waals surface area (Å²) in [5.41, 5.74) is 5.15. The molecule has 0 aliphatic rings. The van der Waals surface area contributed by atoms with Crippen molar-refractivity contribution in [2.45, 2.75) is 13.3 Å². The highest BCUT2D eigenvalue weighted by atomic mass is 16.5. The number of amides is 1. The lowest BCUT2D eigenvalue weighted by Crippen LogP contribution is -2.27. The Balaban J connectivity index is 1.27. The van der Waals surface area contributed by atoms with Crippen LogP contribution in [0, 0.1) is 6.92 Å². The molecule has 0 aliphatic carbocycles. The molecule has 0 saturated carbocycles.